The summed E-state index contributed by atoms with van der Waals surface area (Å²) >= 11 is 0. The lowest BCUT2D eigenvalue weighted by atomic mass is 10.2. The molecule has 28 heavy (non-hydrogen) atoms. The van der Waals surface area contributed by atoms with Crippen molar-refractivity contribution in [3.05, 3.63) is 41.9 Å². The third-order valence-corrected chi connectivity index (χ3v) is 4.41. The van der Waals surface area contributed by atoms with Gasteiger partial charge in [-0.25, -0.2) is 9.97 Å². The number of anilines is 3. The molecule has 0 spiro atoms. The molecule has 1 aliphatic rings. The largest absolute Gasteiger partial charge is 0.385 e. The first kappa shape index (κ1) is 20.0. The summed E-state index contributed by atoms with van der Waals surface area (Å²) in [5.41, 5.74) is 2.08. The Morgan fingerprint density at radius 2 is 2.04 bits per heavy atom. The molecule has 1 aliphatic heterocycles. The van der Waals surface area contributed by atoms with Crippen molar-refractivity contribution >= 4 is 23.1 Å². The summed E-state index contributed by atoms with van der Waals surface area (Å²) in [4.78, 5) is 23.7. The molecular formula is C20H27N5O3. The molecule has 8 nitrogen and oxygen atoms in total. The normalized spacial score (nSPS) is 14.0. The zero-order valence-electron chi connectivity index (χ0n) is 16.4. The topological polar surface area (TPSA) is 88.6 Å². The average Bonchev–Trinajstić information content (AvgIpc) is 2.72. The number of morpholine rings is 1. The molecule has 0 saturated carbocycles. The van der Waals surface area contributed by atoms with Gasteiger partial charge in [-0.05, 0) is 25.5 Å². The fourth-order valence-electron chi connectivity index (χ4n) is 3.05. The van der Waals surface area contributed by atoms with E-state index in [1.807, 2.05) is 24.3 Å². The number of nitrogens with one attached hydrogen (secondary N) is 2. The molecule has 1 aromatic heterocycles. The Hall–Kier alpha value is -2.71. The standard InChI is InChI=1S/C20H27N5O3/c1-15-22-17(14-19(23-15)21-8-5-11-27-2)20(26)24-16-6-3-4-7-18(16)25-9-12-28-13-10-25/h3-4,6-7,14H,5,8-13H2,1-2H3,(H,24,26)(H,21,22,23). The molecule has 1 amide bonds. The van der Waals surface area contributed by atoms with Gasteiger partial charge in [0.25, 0.3) is 5.91 Å². The number of hydrogen-bond donors (Lipinski definition) is 2. The second-order valence-corrected chi connectivity index (χ2v) is 6.53. The van der Waals surface area contributed by atoms with Crippen LogP contribution >= 0.6 is 0 Å². The fourth-order valence-corrected chi connectivity index (χ4v) is 3.05. The first-order chi connectivity index (χ1) is 13.7. The van der Waals surface area contributed by atoms with E-state index in [2.05, 4.69) is 25.5 Å². The summed E-state index contributed by atoms with van der Waals surface area (Å²) < 4.78 is 10.5. The number of carbonyl (C=O) groups is 1. The van der Waals surface area contributed by atoms with Crippen molar-refractivity contribution in [2.75, 3.05) is 62.1 Å². The van der Waals surface area contributed by atoms with Crippen LogP contribution in [-0.4, -0.2) is 62.4 Å². The van der Waals surface area contributed by atoms with E-state index in [1.54, 1.807) is 20.1 Å². The number of rotatable bonds is 8. The van der Waals surface area contributed by atoms with Crippen LogP contribution in [0.15, 0.2) is 30.3 Å². The quantitative estimate of drug-likeness (QED) is 0.674. The van der Waals surface area contributed by atoms with E-state index in [0.29, 0.717) is 43.7 Å². The number of methoxy groups -OCH3 is 1. The second kappa shape index (κ2) is 10.0. The third-order valence-electron chi connectivity index (χ3n) is 4.41. The maximum absolute atomic E-state index is 12.8. The lowest BCUT2D eigenvalue weighted by molar-refractivity contribution is 0.102. The predicted octanol–water partition coefficient (Wildman–Crippen LogP) is 2.32. The van der Waals surface area contributed by atoms with Crippen molar-refractivity contribution in [3.63, 3.8) is 0 Å². The third kappa shape index (κ3) is 5.40. The number of para-hydroxylation sites is 2. The van der Waals surface area contributed by atoms with Gasteiger partial charge in [-0.15, -0.1) is 0 Å². The number of carbonyl (C=O) groups excluding carboxylic acids is 1. The van der Waals surface area contributed by atoms with Crippen LogP contribution in [0.2, 0.25) is 0 Å². The van der Waals surface area contributed by atoms with Gasteiger partial charge in [0.2, 0.25) is 0 Å². The molecule has 2 heterocycles. The van der Waals surface area contributed by atoms with Gasteiger partial charge in [-0.2, -0.15) is 0 Å². The molecule has 0 radical (unpaired) electrons. The SMILES string of the molecule is COCCCNc1cc(C(=O)Nc2ccccc2N2CCOCC2)nc(C)n1. The van der Waals surface area contributed by atoms with Crippen molar-refractivity contribution in [2.24, 2.45) is 0 Å². The molecule has 150 valence electrons. The van der Waals surface area contributed by atoms with E-state index < -0.39 is 0 Å². The maximum atomic E-state index is 12.8. The Morgan fingerprint density at radius 1 is 1.25 bits per heavy atom. The molecule has 0 aliphatic carbocycles. The van der Waals surface area contributed by atoms with Gasteiger partial charge in [0.05, 0.1) is 24.6 Å². The lowest BCUT2D eigenvalue weighted by Gasteiger charge is -2.30. The maximum Gasteiger partial charge on any atom is 0.274 e. The molecule has 8 heteroatoms. The van der Waals surface area contributed by atoms with Crippen molar-refractivity contribution < 1.29 is 14.3 Å². The Bertz CT molecular complexity index is 793. The van der Waals surface area contributed by atoms with Crippen LogP contribution in [0.4, 0.5) is 17.2 Å². The van der Waals surface area contributed by atoms with Crippen molar-refractivity contribution in [1.82, 2.24) is 9.97 Å². The number of nitrogens with zero attached hydrogens (tertiary/aromatic N) is 3. The number of benzene rings is 1. The summed E-state index contributed by atoms with van der Waals surface area (Å²) in [7, 11) is 1.67. The lowest BCUT2D eigenvalue weighted by Crippen LogP contribution is -2.36. The summed E-state index contributed by atoms with van der Waals surface area (Å²) in [6.07, 6.45) is 0.855. The number of amides is 1. The minimum absolute atomic E-state index is 0.258. The van der Waals surface area contributed by atoms with Crippen LogP contribution in [0.25, 0.3) is 0 Å². The minimum atomic E-state index is -0.258. The number of hydrogen-bond acceptors (Lipinski definition) is 7. The predicted molar refractivity (Wildman–Crippen MR) is 109 cm³/mol. The smallest absolute Gasteiger partial charge is 0.274 e. The summed E-state index contributed by atoms with van der Waals surface area (Å²) in [5, 5.41) is 6.20. The molecule has 1 aromatic carbocycles. The van der Waals surface area contributed by atoms with Crippen LogP contribution in [0.1, 0.15) is 22.7 Å². The van der Waals surface area contributed by atoms with Crippen LogP contribution in [0.3, 0.4) is 0 Å². The number of aryl methyl sites for hydroxylation is 1. The molecule has 1 fully saturated rings. The first-order valence-electron chi connectivity index (χ1n) is 9.49. The van der Waals surface area contributed by atoms with Gasteiger partial charge in [0.1, 0.15) is 17.3 Å². The van der Waals surface area contributed by atoms with E-state index in [0.717, 1.165) is 30.9 Å². The van der Waals surface area contributed by atoms with Crippen molar-refractivity contribution in [1.29, 1.82) is 0 Å². The van der Waals surface area contributed by atoms with E-state index in [-0.39, 0.29) is 5.91 Å². The van der Waals surface area contributed by atoms with Crippen LogP contribution in [0, 0.1) is 6.92 Å². The zero-order chi connectivity index (χ0) is 19.8. The van der Waals surface area contributed by atoms with Crippen molar-refractivity contribution in [3.8, 4) is 0 Å². The van der Waals surface area contributed by atoms with Crippen LogP contribution in [-0.2, 0) is 9.47 Å². The molecule has 0 atom stereocenters. The van der Waals surface area contributed by atoms with Crippen LogP contribution in [0.5, 0.6) is 0 Å². The molecule has 0 unspecified atom stereocenters. The monoisotopic (exact) mass is 385 g/mol. The summed E-state index contributed by atoms with van der Waals surface area (Å²) in [6.45, 7) is 6.13. The Morgan fingerprint density at radius 3 is 2.82 bits per heavy atom. The van der Waals surface area contributed by atoms with E-state index in [1.165, 1.54) is 0 Å². The van der Waals surface area contributed by atoms with E-state index in [9.17, 15) is 4.79 Å². The Labute approximate surface area is 165 Å². The Balaban J connectivity index is 1.72. The van der Waals surface area contributed by atoms with Gasteiger partial charge in [0, 0.05) is 39.4 Å². The molecule has 1 saturated heterocycles. The van der Waals surface area contributed by atoms with Gasteiger partial charge in [-0.1, -0.05) is 12.1 Å². The average molecular weight is 385 g/mol. The summed E-state index contributed by atoms with van der Waals surface area (Å²) in [6, 6.07) is 9.47. The van der Waals surface area contributed by atoms with E-state index >= 15 is 0 Å². The zero-order valence-corrected chi connectivity index (χ0v) is 16.4. The highest BCUT2D eigenvalue weighted by Crippen LogP contribution is 2.26. The van der Waals surface area contributed by atoms with Gasteiger partial charge >= 0.3 is 0 Å². The fraction of sp³-hybridized carbons (Fsp3) is 0.450. The molecular weight excluding hydrogens is 358 g/mol. The summed E-state index contributed by atoms with van der Waals surface area (Å²) in [5.74, 6) is 0.921. The molecule has 2 aromatic rings. The van der Waals surface area contributed by atoms with Gasteiger partial charge < -0.3 is 25.0 Å². The van der Waals surface area contributed by atoms with Gasteiger partial charge in [-0.3, -0.25) is 4.79 Å². The van der Waals surface area contributed by atoms with Crippen LogP contribution < -0.4 is 15.5 Å². The Kier molecular flexibility index (Phi) is 7.16. The molecule has 2 N–H and O–H groups in total. The molecule has 3 rings (SSSR count). The highest BCUT2D eigenvalue weighted by atomic mass is 16.5. The van der Waals surface area contributed by atoms with Crippen molar-refractivity contribution in [2.45, 2.75) is 13.3 Å². The first-order valence-corrected chi connectivity index (χ1v) is 9.49. The number of aromatic nitrogens is 2. The minimum Gasteiger partial charge on any atom is -0.385 e. The van der Waals surface area contributed by atoms with E-state index in [4.69, 9.17) is 9.47 Å². The molecule has 0 bridgehead atoms. The van der Waals surface area contributed by atoms with Gasteiger partial charge in [0.15, 0.2) is 0 Å². The highest BCUT2D eigenvalue weighted by Gasteiger charge is 2.17. The number of ether oxygens (including phenoxy) is 2. The highest BCUT2D eigenvalue weighted by molar-refractivity contribution is 6.05. The second-order valence-electron chi connectivity index (χ2n) is 6.53.